The highest BCUT2D eigenvalue weighted by molar-refractivity contribution is 6.14. The van der Waals surface area contributed by atoms with E-state index in [9.17, 15) is 0 Å². The molecule has 2 nitrogen and oxygen atoms in total. The van der Waals surface area contributed by atoms with Crippen LogP contribution in [-0.2, 0) is 12.8 Å². The summed E-state index contributed by atoms with van der Waals surface area (Å²) >= 11 is 0. The van der Waals surface area contributed by atoms with Crippen molar-refractivity contribution in [3.63, 3.8) is 0 Å². The van der Waals surface area contributed by atoms with Gasteiger partial charge in [0.1, 0.15) is 0 Å². The lowest BCUT2D eigenvalue weighted by molar-refractivity contribution is -0.347. The van der Waals surface area contributed by atoms with Crippen molar-refractivity contribution in [2.45, 2.75) is 85.0 Å². The largest absolute Gasteiger partial charge is 0.448 e. The van der Waals surface area contributed by atoms with Gasteiger partial charge in [0.05, 0.1) is 0 Å². The number of allylic oxidation sites excluding steroid dienone is 3. The first-order valence-electron chi connectivity index (χ1n) is 12.7. The average Bonchev–Trinajstić information content (AvgIpc) is 3.15. The summed E-state index contributed by atoms with van der Waals surface area (Å²) < 4.78 is 1.65. The second kappa shape index (κ2) is 12.4. The van der Waals surface area contributed by atoms with Gasteiger partial charge in [0.15, 0.2) is 0 Å². The van der Waals surface area contributed by atoms with Crippen LogP contribution in [0.1, 0.15) is 94.4 Å². The van der Waals surface area contributed by atoms with Gasteiger partial charge in [-0.05, 0) is 73.9 Å². The van der Waals surface area contributed by atoms with Crippen molar-refractivity contribution in [1.82, 2.24) is 0 Å². The molecule has 1 aliphatic heterocycles. The van der Waals surface area contributed by atoms with Crippen LogP contribution in [0.5, 0.6) is 0 Å². The monoisotopic (exact) mass is 428 g/mol. The molecule has 0 aliphatic carbocycles. The van der Waals surface area contributed by atoms with Gasteiger partial charge in [0, 0.05) is 22.8 Å². The van der Waals surface area contributed by atoms with E-state index in [-0.39, 0.29) is 0 Å². The second-order valence-corrected chi connectivity index (χ2v) is 8.97. The Hall–Kier alpha value is -2.61. The van der Waals surface area contributed by atoms with Crippen molar-refractivity contribution >= 4 is 11.4 Å². The molecule has 32 heavy (non-hydrogen) atoms. The van der Waals surface area contributed by atoms with Crippen LogP contribution >= 0.6 is 0 Å². The topological polar surface area (TPSA) is 26.8 Å². The fourth-order valence-electron chi connectivity index (χ4n) is 4.28. The Morgan fingerprint density at radius 3 is 1.75 bits per heavy atom. The first-order chi connectivity index (χ1) is 15.7. The summed E-state index contributed by atoms with van der Waals surface area (Å²) in [4.78, 5) is 0. The van der Waals surface area contributed by atoms with Gasteiger partial charge in [0.2, 0.25) is 11.4 Å². The molecule has 0 radical (unpaired) electrons. The fourth-order valence-corrected chi connectivity index (χ4v) is 4.28. The molecule has 1 heterocycles. The molecule has 0 bridgehead atoms. The molecule has 0 fully saturated rings. The molecule has 1 N–H and O–H groups in total. The predicted octanol–water partition coefficient (Wildman–Crippen LogP) is 8.70. The molecule has 2 aromatic carbocycles. The number of aryl methyl sites for hydroxylation is 2. The highest BCUT2D eigenvalue weighted by Gasteiger charge is 2.27. The summed E-state index contributed by atoms with van der Waals surface area (Å²) in [6.45, 7) is 6.71. The molecule has 0 amide bonds. The summed E-state index contributed by atoms with van der Waals surface area (Å²) in [5.41, 5.74) is 8.18. The van der Waals surface area contributed by atoms with Gasteiger partial charge < -0.3 is 5.84 Å². The third-order valence-corrected chi connectivity index (χ3v) is 6.32. The standard InChI is InChI=1S/C30H40N2/c1-4-7-10-11-14-28-23-29(26-19-15-24(16-20-26)12-8-5-2)32(31)30(28)27-21-17-25(18-22-27)13-9-6-3/h14-23,31H,4-13H2,1-3H3. The third-order valence-electron chi connectivity index (χ3n) is 6.32. The number of unbranched alkanes of at least 4 members (excludes halogenated alkanes) is 5. The van der Waals surface area contributed by atoms with E-state index in [1.165, 1.54) is 61.6 Å². The van der Waals surface area contributed by atoms with Crippen molar-refractivity contribution in [2.24, 2.45) is 0 Å². The normalized spacial score (nSPS) is 15.0. The summed E-state index contributed by atoms with van der Waals surface area (Å²) in [6.07, 6.45) is 16.4. The van der Waals surface area contributed by atoms with E-state index in [0.29, 0.717) is 0 Å². The molecule has 0 unspecified atom stereocenters. The highest BCUT2D eigenvalue weighted by atomic mass is 15.3. The summed E-state index contributed by atoms with van der Waals surface area (Å²) in [5.74, 6) is 8.98. The zero-order valence-corrected chi connectivity index (χ0v) is 20.3. The minimum atomic E-state index is 0.971. The van der Waals surface area contributed by atoms with Gasteiger partial charge in [-0.25, -0.2) is 4.68 Å². The number of hydrogen-bond acceptors (Lipinski definition) is 0. The Balaban J connectivity index is 1.90. The lowest BCUT2D eigenvalue weighted by atomic mass is 9.99. The molecule has 0 aromatic heterocycles. The molecule has 0 saturated carbocycles. The molecule has 1 aliphatic rings. The van der Waals surface area contributed by atoms with E-state index in [4.69, 9.17) is 5.84 Å². The van der Waals surface area contributed by atoms with E-state index in [2.05, 4.69) is 81.5 Å². The van der Waals surface area contributed by atoms with Crippen molar-refractivity contribution in [1.29, 1.82) is 0 Å². The molecule has 2 heteroatoms. The number of benzene rings is 2. The maximum absolute atomic E-state index is 8.98. The highest BCUT2D eigenvalue weighted by Crippen LogP contribution is 2.29. The van der Waals surface area contributed by atoms with Gasteiger partial charge in [-0.15, -0.1) is 0 Å². The molecular formula is C30H40N2. The summed E-state index contributed by atoms with van der Waals surface area (Å²) in [7, 11) is 0. The first kappa shape index (κ1) is 24.0. The molecule has 170 valence electrons. The Labute approximate surface area is 195 Å². The SMILES string of the molecule is CCCCCC=C1C=C(c2ccc(CCCC)cc2)[N+]([NH-])=C1c1ccc(CCCC)cc1. The van der Waals surface area contributed by atoms with Crippen LogP contribution in [0.25, 0.3) is 11.5 Å². The van der Waals surface area contributed by atoms with Crippen LogP contribution in [0, 0.1) is 0 Å². The Kier molecular flexibility index (Phi) is 9.34. The van der Waals surface area contributed by atoms with Crippen LogP contribution in [0.4, 0.5) is 0 Å². The lowest BCUT2D eigenvalue weighted by Crippen LogP contribution is -2.11. The van der Waals surface area contributed by atoms with Crippen molar-refractivity contribution in [3.05, 3.63) is 94.4 Å². The van der Waals surface area contributed by atoms with Gasteiger partial charge >= 0.3 is 0 Å². The number of nitrogens with zero attached hydrogens (tertiary/aromatic N) is 1. The maximum atomic E-state index is 8.98. The zero-order chi connectivity index (χ0) is 22.8. The minimum absolute atomic E-state index is 0.971. The average molecular weight is 429 g/mol. The van der Waals surface area contributed by atoms with Gasteiger partial charge in [-0.3, -0.25) is 0 Å². The van der Waals surface area contributed by atoms with Crippen LogP contribution in [-0.4, -0.2) is 10.4 Å². The van der Waals surface area contributed by atoms with Crippen molar-refractivity contribution in [3.8, 4) is 0 Å². The second-order valence-electron chi connectivity index (χ2n) is 8.97. The molecule has 3 rings (SSSR count). The third kappa shape index (κ3) is 6.22. The fraction of sp³-hybridized carbons (Fsp3) is 0.433. The van der Waals surface area contributed by atoms with Crippen molar-refractivity contribution < 1.29 is 4.68 Å². The lowest BCUT2D eigenvalue weighted by Gasteiger charge is -2.09. The van der Waals surface area contributed by atoms with Crippen LogP contribution in [0.3, 0.4) is 0 Å². The first-order valence-corrected chi connectivity index (χ1v) is 12.7. The number of rotatable bonds is 12. The quantitative estimate of drug-likeness (QED) is 0.239. The Morgan fingerprint density at radius 2 is 1.22 bits per heavy atom. The van der Waals surface area contributed by atoms with E-state index in [0.717, 1.165) is 41.8 Å². The predicted molar refractivity (Wildman–Crippen MR) is 139 cm³/mol. The number of hydrogen-bond donors (Lipinski definition) is 0. The number of nitrogens with one attached hydrogen (secondary N) is 1. The van der Waals surface area contributed by atoms with E-state index in [1.807, 2.05) is 0 Å². The molecule has 2 aromatic rings. The van der Waals surface area contributed by atoms with E-state index >= 15 is 0 Å². The molecular weight excluding hydrogens is 388 g/mol. The van der Waals surface area contributed by atoms with Crippen LogP contribution in [0.15, 0.2) is 66.3 Å². The van der Waals surface area contributed by atoms with Crippen LogP contribution < -0.4 is 0 Å². The Morgan fingerprint density at radius 1 is 0.688 bits per heavy atom. The molecule has 0 spiro atoms. The summed E-state index contributed by atoms with van der Waals surface area (Å²) in [6, 6.07) is 17.7. The molecule has 0 atom stereocenters. The van der Waals surface area contributed by atoms with Gasteiger partial charge in [-0.1, -0.05) is 76.8 Å². The van der Waals surface area contributed by atoms with Gasteiger partial charge in [0.25, 0.3) is 0 Å². The minimum Gasteiger partial charge on any atom is -0.448 e. The zero-order valence-electron chi connectivity index (χ0n) is 20.3. The van der Waals surface area contributed by atoms with Crippen molar-refractivity contribution in [2.75, 3.05) is 0 Å². The van der Waals surface area contributed by atoms with E-state index < -0.39 is 0 Å². The van der Waals surface area contributed by atoms with Gasteiger partial charge in [-0.2, -0.15) is 0 Å². The summed E-state index contributed by atoms with van der Waals surface area (Å²) in [5, 5.41) is 0. The smallest absolute Gasteiger partial charge is 0.215 e. The Bertz CT molecular complexity index is 943. The van der Waals surface area contributed by atoms with E-state index in [1.54, 1.807) is 4.68 Å². The maximum Gasteiger partial charge on any atom is 0.215 e. The van der Waals surface area contributed by atoms with Crippen LogP contribution in [0.2, 0.25) is 0 Å². The molecule has 0 saturated heterocycles.